The van der Waals surface area contributed by atoms with Crippen molar-refractivity contribution in [1.29, 1.82) is 0 Å². The molecule has 2 N–H and O–H groups in total. The minimum Gasteiger partial charge on any atom is -0.380 e. The van der Waals surface area contributed by atoms with Crippen molar-refractivity contribution in [3.63, 3.8) is 0 Å². The highest BCUT2D eigenvalue weighted by Crippen LogP contribution is 2.01. The summed E-state index contributed by atoms with van der Waals surface area (Å²) < 4.78 is 5.33. The Kier molecular flexibility index (Phi) is 9.35. The summed E-state index contributed by atoms with van der Waals surface area (Å²) >= 11 is 0. The molecule has 0 rings (SSSR count). The van der Waals surface area contributed by atoms with Gasteiger partial charge in [-0.3, -0.25) is 0 Å². The molecule has 86 valence electrons. The predicted molar refractivity (Wildman–Crippen MR) is 61.4 cm³/mol. The summed E-state index contributed by atoms with van der Waals surface area (Å²) in [6.07, 6.45) is 1.19. The molecule has 0 aliphatic carbocycles. The van der Waals surface area contributed by atoms with Crippen molar-refractivity contribution in [3.8, 4) is 0 Å². The number of nitrogens with two attached hydrogens (primary N) is 1. The first-order valence-electron chi connectivity index (χ1n) is 5.74. The molecule has 0 fully saturated rings. The van der Waals surface area contributed by atoms with Crippen LogP contribution in [0.25, 0.3) is 0 Å². The molecule has 0 heterocycles. The van der Waals surface area contributed by atoms with Gasteiger partial charge in [0.1, 0.15) is 0 Å². The van der Waals surface area contributed by atoms with Gasteiger partial charge in [0.2, 0.25) is 0 Å². The van der Waals surface area contributed by atoms with E-state index in [0.29, 0.717) is 5.92 Å². The monoisotopic (exact) mass is 202 g/mol. The van der Waals surface area contributed by atoms with Gasteiger partial charge in [0.15, 0.2) is 0 Å². The molecule has 0 radical (unpaired) electrons. The van der Waals surface area contributed by atoms with Gasteiger partial charge in [0.25, 0.3) is 0 Å². The summed E-state index contributed by atoms with van der Waals surface area (Å²) in [6.45, 7) is 12.2. The molecule has 0 aromatic rings. The summed E-state index contributed by atoms with van der Waals surface area (Å²) in [6, 6.07) is 0. The molecule has 3 heteroatoms. The molecule has 0 saturated carbocycles. The lowest BCUT2D eigenvalue weighted by Gasteiger charge is -2.21. The zero-order chi connectivity index (χ0) is 10.8. The Hall–Kier alpha value is -0.120. The molecular formula is C11H26N2O. The van der Waals surface area contributed by atoms with Gasteiger partial charge in [-0.05, 0) is 38.9 Å². The molecule has 0 bridgehead atoms. The topological polar surface area (TPSA) is 38.5 Å². The average Bonchev–Trinajstić information content (AvgIpc) is 2.22. The van der Waals surface area contributed by atoms with Crippen LogP contribution < -0.4 is 5.73 Å². The van der Waals surface area contributed by atoms with Crippen LogP contribution in [0.2, 0.25) is 0 Å². The zero-order valence-electron chi connectivity index (χ0n) is 9.96. The first-order chi connectivity index (χ1) is 6.74. The standard InChI is InChI=1S/C11H26N2O/c1-4-13(8-9-14-5-2)7-6-11(3)10-12/h11H,4-10,12H2,1-3H3. The van der Waals surface area contributed by atoms with E-state index >= 15 is 0 Å². The maximum Gasteiger partial charge on any atom is 0.0593 e. The number of rotatable bonds is 9. The first kappa shape index (κ1) is 13.9. The van der Waals surface area contributed by atoms with Crippen LogP contribution in [-0.2, 0) is 4.74 Å². The molecule has 0 aliphatic heterocycles. The Morgan fingerprint density at radius 3 is 2.50 bits per heavy atom. The molecule has 1 atom stereocenters. The average molecular weight is 202 g/mol. The van der Waals surface area contributed by atoms with E-state index in [-0.39, 0.29) is 0 Å². The Bertz CT molecular complexity index is 120. The van der Waals surface area contributed by atoms with Crippen molar-refractivity contribution >= 4 is 0 Å². The van der Waals surface area contributed by atoms with Crippen LogP contribution in [-0.4, -0.2) is 44.3 Å². The van der Waals surface area contributed by atoms with Crippen LogP contribution >= 0.6 is 0 Å². The fourth-order valence-corrected chi connectivity index (χ4v) is 1.29. The normalized spacial score (nSPS) is 13.5. The number of nitrogens with zero attached hydrogens (tertiary/aromatic N) is 1. The van der Waals surface area contributed by atoms with Crippen LogP contribution in [0, 0.1) is 5.92 Å². The molecule has 0 aromatic heterocycles. The van der Waals surface area contributed by atoms with Crippen molar-refractivity contribution in [3.05, 3.63) is 0 Å². The minimum atomic E-state index is 0.635. The third-order valence-electron chi connectivity index (χ3n) is 2.54. The number of ether oxygens (including phenoxy) is 1. The van der Waals surface area contributed by atoms with Gasteiger partial charge in [0, 0.05) is 13.2 Å². The summed E-state index contributed by atoms with van der Waals surface area (Å²) in [5, 5.41) is 0. The molecule has 0 spiro atoms. The van der Waals surface area contributed by atoms with Crippen LogP contribution in [0.5, 0.6) is 0 Å². The van der Waals surface area contributed by atoms with E-state index < -0.39 is 0 Å². The third-order valence-corrected chi connectivity index (χ3v) is 2.54. The molecule has 3 nitrogen and oxygen atoms in total. The van der Waals surface area contributed by atoms with E-state index in [1.165, 1.54) is 6.42 Å². The molecule has 0 saturated heterocycles. The maximum absolute atomic E-state index is 5.58. The van der Waals surface area contributed by atoms with Gasteiger partial charge in [-0.25, -0.2) is 0 Å². The van der Waals surface area contributed by atoms with Crippen molar-refractivity contribution in [1.82, 2.24) is 4.90 Å². The van der Waals surface area contributed by atoms with E-state index in [2.05, 4.69) is 18.7 Å². The minimum absolute atomic E-state index is 0.635. The number of hydrogen-bond donors (Lipinski definition) is 1. The molecule has 1 unspecified atom stereocenters. The Morgan fingerprint density at radius 2 is 2.00 bits per heavy atom. The maximum atomic E-state index is 5.58. The summed E-state index contributed by atoms with van der Waals surface area (Å²) in [4.78, 5) is 2.42. The largest absolute Gasteiger partial charge is 0.380 e. The van der Waals surface area contributed by atoms with Crippen LogP contribution in [0.3, 0.4) is 0 Å². The van der Waals surface area contributed by atoms with E-state index in [4.69, 9.17) is 10.5 Å². The lowest BCUT2D eigenvalue weighted by atomic mass is 10.1. The Balaban J connectivity index is 3.47. The van der Waals surface area contributed by atoms with Crippen molar-refractivity contribution < 1.29 is 4.74 Å². The molecule has 0 aliphatic rings. The van der Waals surface area contributed by atoms with Gasteiger partial charge < -0.3 is 15.4 Å². The van der Waals surface area contributed by atoms with Crippen molar-refractivity contribution in [2.75, 3.05) is 39.4 Å². The smallest absolute Gasteiger partial charge is 0.0593 e. The summed E-state index contributed by atoms with van der Waals surface area (Å²) in [5.41, 5.74) is 5.58. The van der Waals surface area contributed by atoms with Gasteiger partial charge in [-0.2, -0.15) is 0 Å². The SMILES string of the molecule is CCOCCN(CC)CCC(C)CN. The fraction of sp³-hybridized carbons (Fsp3) is 1.00. The van der Waals surface area contributed by atoms with E-state index in [0.717, 1.165) is 39.4 Å². The molecule has 14 heavy (non-hydrogen) atoms. The van der Waals surface area contributed by atoms with Gasteiger partial charge in [0.05, 0.1) is 6.61 Å². The third kappa shape index (κ3) is 7.30. The molecule has 0 aromatic carbocycles. The number of likely N-dealkylation sites (N-methyl/N-ethyl adjacent to an activating group) is 1. The predicted octanol–water partition coefficient (Wildman–Crippen LogP) is 1.33. The van der Waals surface area contributed by atoms with Gasteiger partial charge in [-0.15, -0.1) is 0 Å². The van der Waals surface area contributed by atoms with Crippen LogP contribution in [0.15, 0.2) is 0 Å². The van der Waals surface area contributed by atoms with Crippen LogP contribution in [0.1, 0.15) is 27.2 Å². The number of hydrogen-bond acceptors (Lipinski definition) is 3. The first-order valence-corrected chi connectivity index (χ1v) is 5.74. The lowest BCUT2D eigenvalue weighted by Crippen LogP contribution is -2.30. The Labute approximate surface area is 88.6 Å². The molecular weight excluding hydrogens is 176 g/mol. The van der Waals surface area contributed by atoms with Gasteiger partial charge >= 0.3 is 0 Å². The zero-order valence-corrected chi connectivity index (χ0v) is 9.96. The van der Waals surface area contributed by atoms with E-state index in [1.54, 1.807) is 0 Å². The van der Waals surface area contributed by atoms with E-state index in [1.807, 2.05) is 6.92 Å². The van der Waals surface area contributed by atoms with Gasteiger partial charge in [-0.1, -0.05) is 13.8 Å². The lowest BCUT2D eigenvalue weighted by molar-refractivity contribution is 0.113. The van der Waals surface area contributed by atoms with Crippen molar-refractivity contribution in [2.24, 2.45) is 11.7 Å². The highest BCUT2D eigenvalue weighted by atomic mass is 16.5. The second-order valence-corrected chi connectivity index (χ2v) is 3.76. The second kappa shape index (κ2) is 9.44. The quantitative estimate of drug-likeness (QED) is 0.573. The fourth-order valence-electron chi connectivity index (χ4n) is 1.29. The van der Waals surface area contributed by atoms with Crippen LogP contribution in [0.4, 0.5) is 0 Å². The summed E-state index contributed by atoms with van der Waals surface area (Å²) in [7, 11) is 0. The van der Waals surface area contributed by atoms with E-state index in [9.17, 15) is 0 Å². The second-order valence-electron chi connectivity index (χ2n) is 3.76. The summed E-state index contributed by atoms with van der Waals surface area (Å²) in [5.74, 6) is 0.635. The highest BCUT2D eigenvalue weighted by molar-refractivity contribution is 4.59. The Morgan fingerprint density at radius 1 is 1.29 bits per heavy atom. The van der Waals surface area contributed by atoms with Crippen molar-refractivity contribution in [2.45, 2.75) is 27.2 Å². The highest BCUT2D eigenvalue weighted by Gasteiger charge is 2.04. The molecule has 0 amide bonds.